The molecule has 0 radical (unpaired) electrons. The lowest BCUT2D eigenvalue weighted by Gasteiger charge is -2.51. The molecule has 336 valence electrons. The molecule has 0 spiro atoms. The molecular weight excluding hydrogens is 817 g/mol. The molecular formula is C61H74N2Si2. The second-order valence-electron chi connectivity index (χ2n) is 23.6. The standard InChI is InChI=1S/C61H74N2Si2/c1-41(2)43-21-29-49(30-22-43)63(50-31-23-44(24-32-50)42(3)4)57-40-56-58(53-20-18-17-19-52(53)57)54-38-37-51(39-55(54)61(56,64(11,12)13)65(14,15)16)62(47-33-25-45(26-34-47)59(5,6)7)48-35-27-46(28-36-48)60(8,9)10/h17-42H,1-16H3. The predicted octanol–water partition coefficient (Wildman–Crippen LogP) is 18.6. The Balaban J connectivity index is 1.42. The highest BCUT2D eigenvalue weighted by atomic mass is 28.4. The molecule has 0 amide bonds. The van der Waals surface area contributed by atoms with Gasteiger partial charge in [0.25, 0.3) is 0 Å². The van der Waals surface area contributed by atoms with Crippen LogP contribution in [-0.2, 0) is 15.5 Å². The van der Waals surface area contributed by atoms with E-state index in [4.69, 9.17) is 0 Å². The Labute approximate surface area is 394 Å². The average Bonchev–Trinajstić information content (AvgIpc) is 3.55. The van der Waals surface area contributed by atoms with Crippen molar-refractivity contribution in [1.82, 2.24) is 0 Å². The molecule has 0 heterocycles. The Morgan fingerprint density at radius 3 is 1.20 bits per heavy atom. The highest BCUT2D eigenvalue weighted by Crippen LogP contribution is 2.62. The highest BCUT2D eigenvalue weighted by Gasteiger charge is 2.60. The smallest absolute Gasteiger partial charge is 0.0579 e. The molecule has 0 saturated heterocycles. The third-order valence-corrected chi connectivity index (χ3v) is 24.5. The van der Waals surface area contributed by atoms with Crippen LogP contribution in [0.5, 0.6) is 0 Å². The first kappa shape index (κ1) is 46.4. The van der Waals surface area contributed by atoms with Crippen LogP contribution >= 0.6 is 0 Å². The van der Waals surface area contributed by atoms with Crippen molar-refractivity contribution in [2.24, 2.45) is 0 Å². The van der Waals surface area contributed by atoms with Gasteiger partial charge in [-0.15, -0.1) is 0 Å². The molecule has 4 heteroatoms. The van der Waals surface area contributed by atoms with Crippen LogP contribution in [0.2, 0.25) is 39.3 Å². The normalized spacial score (nSPS) is 13.9. The fourth-order valence-electron chi connectivity index (χ4n) is 11.3. The zero-order chi connectivity index (χ0) is 47.0. The monoisotopic (exact) mass is 891 g/mol. The van der Waals surface area contributed by atoms with E-state index < -0.39 is 16.1 Å². The van der Waals surface area contributed by atoms with Crippen LogP contribution in [-0.4, -0.2) is 16.1 Å². The molecule has 1 aliphatic rings. The minimum absolute atomic E-state index is 0.0671. The molecule has 0 N–H and O–H groups in total. The largest absolute Gasteiger partial charge is 0.310 e. The van der Waals surface area contributed by atoms with E-state index in [0.717, 1.165) is 0 Å². The molecule has 0 saturated carbocycles. The molecule has 0 fully saturated rings. The lowest BCUT2D eigenvalue weighted by Crippen LogP contribution is -2.63. The third-order valence-electron chi connectivity index (χ3n) is 14.5. The molecule has 2 nitrogen and oxygen atoms in total. The van der Waals surface area contributed by atoms with Gasteiger partial charge in [0, 0.05) is 38.5 Å². The second kappa shape index (κ2) is 16.6. The minimum Gasteiger partial charge on any atom is -0.310 e. The fraction of sp³-hybridized carbons (Fsp3) is 0.344. The number of benzene rings is 7. The van der Waals surface area contributed by atoms with Gasteiger partial charge in [-0.1, -0.05) is 187 Å². The Morgan fingerprint density at radius 1 is 0.415 bits per heavy atom. The van der Waals surface area contributed by atoms with Gasteiger partial charge < -0.3 is 9.80 Å². The lowest BCUT2D eigenvalue weighted by atomic mass is 9.86. The van der Waals surface area contributed by atoms with E-state index in [0.29, 0.717) is 11.8 Å². The van der Waals surface area contributed by atoms with E-state index in [1.807, 2.05) is 0 Å². The van der Waals surface area contributed by atoms with Gasteiger partial charge in [0.2, 0.25) is 0 Å². The summed E-state index contributed by atoms with van der Waals surface area (Å²) in [4.78, 5) is 5.06. The summed E-state index contributed by atoms with van der Waals surface area (Å²) in [6.07, 6.45) is 0. The summed E-state index contributed by atoms with van der Waals surface area (Å²) in [5.74, 6) is 0.922. The van der Waals surface area contributed by atoms with Crippen molar-refractivity contribution in [3.05, 3.63) is 179 Å². The summed E-state index contributed by atoms with van der Waals surface area (Å²) in [6, 6.07) is 56.8. The molecule has 65 heavy (non-hydrogen) atoms. The number of hydrogen-bond acceptors (Lipinski definition) is 2. The maximum absolute atomic E-state index is 2.66. The molecule has 0 unspecified atom stereocenters. The molecule has 8 rings (SSSR count). The van der Waals surface area contributed by atoms with Gasteiger partial charge in [0.1, 0.15) is 0 Å². The van der Waals surface area contributed by atoms with Gasteiger partial charge in [-0.05, 0) is 139 Å². The summed E-state index contributed by atoms with van der Waals surface area (Å²) in [7, 11) is -4.21. The van der Waals surface area contributed by atoms with Crippen molar-refractivity contribution in [3.8, 4) is 11.1 Å². The van der Waals surface area contributed by atoms with Gasteiger partial charge in [-0.25, -0.2) is 0 Å². The summed E-state index contributed by atoms with van der Waals surface area (Å²) in [5.41, 5.74) is 18.6. The summed E-state index contributed by atoms with van der Waals surface area (Å²) in [6.45, 7) is 38.8. The van der Waals surface area contributed by atoms with Crippen LogP contribution in [0.15, 0.2) is 146 Å². The molecule has 0 aliphatic heterocycles. The predicted molar refractivity (Wildman–Crippen MR) is 292 cm³/mol. The topological polar surface area (TPSA) is 6.48 Å². The molecule has 1 aliphatic carbocycles. The number of hydrogen-bond donors (Lipinski definition) is 0. The third kappa shape index (κ3) is 8.14. The molecule has 0 bridgehead atoms. The quantitative estimate of drug-likeness (QED) is 0.126. The van der Waals surface area contributed by atoms with Gasteiger partial charge in [0.15, 0.2) is 0 Å². The molecule has 7 aromatic carbocycles. The van der Waals surface area contributed by atoms with Crippen LogP contribution < -0.4 is 9.80 Å². The first-order valence-corrected chi connectivity index (χ1v) is 31.2. The minimum atomic E-state index is -2.10. The lowest BCUT2D eigenvalue weighted by molar-refractivity contribution is 0.590. The maximum atomic E-state index is 2.66. The van der Waals surface area contributed by atoms with Gasteiger partial charge in [-0.3, -0.25) is 0 Å². The second-order valence-corrected chi connectivity index (χ2v) is 34.6. The summed E-state index contributed by atoms with van der Waals surface area (Å²) < 4.78 is -0.105. The number of anilines is 6. The zero-order valence-electron chi connectivity index (χ0n) is 42.4. The first-order chi connectivity index (χ1) is 30.4. The van der Waals surface area contributed by atoms with Crippen LogP contribution in [0.3, 0.4) is 0 Å². The van der Waals surface area contributed by atoms with Gasteiger partial charge in [0.05, 0.1) is 21.8 Å². The summed E-state index contributed by atoms with van der Waals surface area (Å²) in [5, 5.41) is 2.62. The first-order valence-electron chi connectivity index (χ1n) is 24.2. The van der Waals surface area contributed by atoms with Crippen molar-refractivity contribution >= 4 is 61.0 Å². The summed E-state index contributed by atoms with van der Waals surface area (Å²) >= 11 is 0. The van der Waals surface area contributed by atoms with Crippen molar-refractivity contribution < 1.29 is 0 Å². The highest BCUT2D eigenvalue weighted by molar-refractivity contribution is 6.99. The molecule has 0 atom stereocenters. The van der Waals surface area contributed by atoms with E-state index in [2.05, 4.69) is 264 Å². The van der Waals surface area contributed by atoms with Crippen molar-refractivity contribution in [2.45, 2.75) is 136 Å². The van der Waals surface area contributed by atoms with Crippen LogP contribution in [0, 0.1) is 0 Å². The zero-order valence-corrected chi connectivity index (χ0v) is 44.4. The Hall–Kier alpha value is -5.17. The molecule has 0 aromatic heterocycles. The van der Waals surface area contributed by atoms with Crippen LogP contribution in [0.25, 0.3) is 21.9 Å². The Bertz CT molecular complexity index is 2700. The van der Waals surface area contributed by atoms with E-state index in [-0.39, 0.29) is 15.5 Å². The van der Waals surface area contributed by atoms with Gasteiger partial charge in [-0.2, -0.15) is 0 Å². The van der Waals surface area contributed by atoms with Crippen molar-refractivity contribution in [2.75, 3.05) is 9.80 Å². The SMILES string of the molecule is CC(C)c1ccc(N(c2ccc(C(C)C)cc2)c2cc3c(c4ccccc24)-c2ccc(N(c4ccc(C(C)(C)C)cc4)c4ccc(C(C)(C)C)cc4)cc2C3([Si](C)(C)C)[Si](C)(C)C)cc1. The Morgan fingerprint density at radius 2 is 0.800 bits per heavy atom. The molecule has 7 aromatic rings. The fourth-order valence-corrected chi connectivity index (χ4v) is 24.4. The number of rotatable bonds is 10. The average molecular weight is 891 g/mol. The number of nitrogens with zero attached hydrogens (tertiary/aromatic N) is 2. The van der Waals surface area contributed by atoms with Crippen molar-refractivity contribution in [1.29, 1.82) is 0 Å². The van der Waals surface area contributed by atoms with E-state index in [1.54, 1.807) is 0 Å². The van der Waals surface area contributed by atoms with Crippen LogP contribution in [0.4, 0.5) is 34.1 Å². The van der Waals surface area contributed by atoms with E-state index in [1.165, 1.54) is 89.4 Å². The van der Waals surface area contributed by atoms with Crippen LogP contribution in [0.1, 0.15) is 114 Å². The van der Waals surface area contributed by atoms with E-state index >= 15 is 0 Å². The maximum Gasteiger partial charge on any atom is 0.0579 e. The van der Waals surface area contributed by atoms with Gasteiger partial charge >= 0.3 is 0 Å². The van der Waals surface area contributed by atoms with E-state index in [9.17, 15) is 0 Å². The number of fused-ring (bicyclic) bond motifs is 5. The van der Waals surface area contributed by atoms with Crippen molar-refractivity contribution in [3.63, 3.8) is 0 Å². The Kier molecular flexibility index (Phi) is 11.9.